The van der Waals surface area contributed by atoms with Gasteiger partial charge in [0.2, 0.25) is 0 Å². The van der Waals surface area contributed by atoms with Gasteiger partial charge >= 0.3 is 0 Å². The van der Waals surface area contributed by atoms with Gasteiger partial charge < -0.3 is 4.90 Å². The van der Waals surface area contributed by atoms with E-state index in [0.717, 1.165) is 5.92 Å². The van der Waals surface area contributed by atoms with Gasteiger partial charge in [0, 0.05) is 6.54 Å². The SMILES string of the molecule is C=C(CCC)CCCN(CCC)CC1CCCCC1. The fraction of sp³-hybridized carbons (Fsp3) is 0.889. The lowest BCUT2D eigenvalue weighted by molar-refractivity contribution is 0.199. The molecule has 1 heteroatoms. The van der Waals surface area contributed by atoms with Gasteiger partial charge in [-0.15, -0.1) is 0 Å². The molecule has 0 aromatic carbocycles. The van der Waals surface area contributed by atoms with Gasteiger partial charge in [0.05, 0.1) is 0 Å². The average Bonchev–Trinajstić information content (AvgIpc) is 2.40. The quantitative estimate of drug-likeness (QED) is 0.477. The van der Waals surface area contributed by atoms with Crippen LogP contribution in [0.2, 0.25) is 0 Å². The molecule has 0 amide bonds. The zero-order chi connectivity index (χ0) is 13.9. The molecule has 1 fully saturated rings. The van der Waals surface area contributed by atoms with Gasteiger partial charge in [0.15, 0.2) is 0 Å². The van der Waals surface area contributed by atoms with E-state index >= 15 is 0 Å². The summed E-state index contributed by atoms with van der Waals surface area (Å²) in [6.45, 7) is 12.7. The molecule has 0 radical (unpaired) electrons. The number of hydrogen-bond donors (Lipinski definition) is 0. The Bertz CT molecular complexity index is 228. The first-order chi connectivity index (χ1) is 9.26. The van der Waals surface area contributed by atoms with Crippen LogP contribution < -0.4 is 0 Å². The van der Waals surface area contributed by atoms with Crippen molar-refractivity contribution < 1.29 is 0 Å². The van der Waals surface area contributed by atoms with E-state index in [-0.39, 0.29) is 0 Å². The van der Waals surface area contributed by atoms with Crippen LogP contribution in [-0.2, 0) is 0 Å². The van der Waals surface area contributed by atoms with Crippen LogP contribution in [-0.4, -0.2) is 24.5 Å². The Morgan fingerprint density at radius 1 is 1.00 bits per heavy atom. The molecule has 0 aromatic heterocycles. The molecule has 0 aromatic rings. The molecule has 19 heavy (non-hydrogen) atoms. The fourth-order valence-electron chi connectivity index (χ4n) is 3.38. The molecule has 0 heterocycles. The smallest absolute Gasteiger partial charge is 0.000966 e. The molecule has 0 spiro atoms. The molecule has 112 valence electrons. The van der Waals surface area contributed by atoms with Gasteiger partial charge in [0.1, 0.15) is 0 Å². The van der Waals surface area contributed by atoms with E-state index in [4.69, 9.17) is 0 Å². The monoisotopic (exact) mass is 265 g/mol. The molecule has 0 unspecified atom stereocenters. The second-order valence-electron chi connectivity index (χ2n) is 6.41. The first kappa shape index (κ1) is 16.8. The van der Waals surface area contributed by atoms with E-state index in [1.165, 1.54) is 89.4 Å². The van der Waals surface area contributed by atoms with E-state index in [9.17, 15) is 0 Å². The number of allylic oxidation sites excluding steroid dienone is 1. The maximum Gasteiger partial charge on any atom is 0.000966 e. The third-order valence-electron chi connectivity index (χ3n) is 4.39. The Hall–Kier alpha value is -0.300. The van der Waals surface area contributed by atoms with Crippen molar-refractivity contribution in [3.8, 4) is 0 Å². The van der Waals surface area contributed by atoms with Crippen molar-refractivity contribution in [2.75, 3.05) is 19.6 Å². The minimum Gasteiger partial charge on any atom is -0.303 e. The lowest BCUT2D eigenvalue weighted by atomic mass is 9.89. The average molecular weight is 265 g/mol. The number of nitrogens with zero attached hydrogens (tertiary/aromatic N) is 1. The van der Waals surface area contributed by atoms with Crippen LogP contribution >= 0.6 is 0 Å². The van der Waals surface area contributed by atoms with Gasteiger partial charge in [-0.3, -0.25) is 0 Å². The molecule has 0 N–H and O–H groups in total. The Kier molecular flexibility index (Phi) is 9.24. The lowest BCUT2D eigenvalue weighted by Gasteiger charge is -2.29. The molecule has 1 saturated carbocycles. The molecule has 0 saturated heterocycles. The minimum absolute atomic E-state index is 0.985. The summed E-state index contributed by atoms with van der Waals surface area (Å²) >= 11 is 0. The molecule has 0 bridgehead atoms. The van der Waals surface area contributed by atoms with E-state index < -0.39 is 0 Å². The largest absolute Gasteiger partial charge is 0.303 e. The summed E-state index contributed by atoms with van der Waals surface area (Å²) in [6, 6.07) is 0. The standard InChI is InChI=1S/C18H35N/c1-4-10-17(3)11-9-15-19(14-5-2)16-18-12-7-6-8-13-18/h18H,3-16H2,1-2H3. The highest BCUT2D eigenvalue weighted by molar-refractivity contribution is 4.93. The summed E-state index contributed by atoms with van der Waals surface area (Å²) in [5.74, 6) is 0.985. The highest BCUT2D eigenvalue weighted by Gasteiger charge is 2.16. The van der Waals surface area contributed by atoms with Gasteiger partial charge in [-0.2, -0.15) is 0 Å². The first-order valence-corrected chi connectivity index (χ1v) is 8.65. The van der Waals surface area contributed by atoms with Gasteiger partial charge in [0.25, 0.3) is 0 Å². The van der Waals surface area contributed by atoms with E-state index in [1.54, 1.807) is 0 Å². The van der Waals surface area contributed by atoms with Crippen LogP contribution in [0.25, 0.3) is 0 Å². The second kappa shape index (κ2) is 10.5. The summed E-state index contributed by atoms with van der Waals surface area (Å²) in [4.78, 5) is 2.72. The molecule has 1 aliphatic rings. The fourth-order valence-corrected chi connectivity index (χ4v) is 3.38. The Labute approximate surface area is 121 Å². The Morgan fingerprint density at radius 2 is 1.74 bits per heavy atom. The molecule has 0 atom stereocenters. The van der Waals surface area contributed by atoms with Crippen LogP contribution in [0.1, 0.15) is 78.1 Å². The second-order valence-corrected chi connectivity index (χ2v) is 6.41. The molecular weight excluding hydrogens is 230 g/mol. The van der Waals surface area contributed by atoms with Crippen LogP contribution in [0.4, 0.5) is 0 Å². The predicted octanol–water partition coefficient (Wildman–Crippen LogP) is 5.42. The predicted molar refractivity (Wildman–Crippen MR) is 86.6 cm³/mol. The number of hydrogen-bond acceptors (Lipinski definition) is 1. The first-order valence-electron chi connectivity index (χ1n) is 8.65. The molecule has 1 nitrogen and oxygen atoms in total. The van der Waals surface area contributed by atoms with Crippen molar-refractivity contribution in [2.24, 2.45) is 5.92 Å². The van der Waals surface area contributed by atoms with Crippen molar-refractivity contribution >= 4 is 0 Å². The van der Waals surface area contributed by atoms with E-state index in [2.05, 4.69) is 25.3 Å². The van der Waals surface area contributed by atoms with Crippen molar-refractivity contribution in [3.05, 3.63) is 12.2 Å². The van der Waals surface area contributed by atoms with Crippen LogP contribution in [0, 0.1) is 5.92 Å². The van der Waals surface area contributed by atoms with Crippen LogP contribution in [0.15, 0.2) is 12.2 Å². The Balaban J connectivity index is 2.21. The van der Waals surface area contributed by atoms with Crippen molar-refractivity contribution in [1.29, 1.82) is 0 Å². The van der Waals surface area contributed by atoms with Crippen molar-refractivity contribution in [3.63, 3.8) is 0 Å². The highest BCUT2D eigenvalue weighted by atomic mass is 15.1. The summed E-state index contributed by atoms with van der Waals surface area (Å²) < 4.78 is 0. The third kappa shape index (κ3) is 7.77. The minimum atomic E-state index is 0.985. The summed E-state index contributed by atoms with van der Waals surface area (Å²) in [5.41, 5.74) is 1.46. The molecule has 1 aliphatic carbocycles. The van der Waals surface area contributed by atoms with Crippen LogP contribution in [0.3, 0.4) is 0 Å². The van der Waals surface area contributed by atoms with Crippen LogP contribution in [0.5, 0.6) is 0 Å². The topological polar surface area (TPSA) is 3.24 Å². The Morgan fingerprint density at radius 3 is 2.37 bits per heavy atom. The summed E-state index contributed by atoms with van der Waals surface area (Å²) in [5, 5.41) is 0. The maximum absolute atomic E-state index is 4.18. The lowest BCUT2D eigenvalue weighted by Crippen LogP contribution is -2.32. The zero-order valence-electron chi connectivity index (χ0n) is 13.4. The number of rotatable bonds is 10. The van der Waals surface area contributed by atoms with E-state index in [1.807, 2.05) is 0 Å². The molecule has 0 aliphatic heterocycles. The van der Waals surface area contributed by atoms with E-state index in [0.29, 0.717) is 0 Å². The van der Waals surface area contributed by atoms with Crippen molar-refractivity contribution in [2.45, 2.75) is 78.1 Å². The third-order valence-corrected chi connectivity index (χ3v) is 4.39. The molecule has 1 rings (SSSR count). The molecular formula is C18H35N. The zero-order valence-corrected chi connectivity index (χ0v) is 13.4. The highest BCUT2D eigenvalue weighted by Crippen LogP contribution is 2.24. The van der Waals surface area contributed by atoms with Crippen molar-refractivity contribution in [1.82, 2.24) is 4.90 Å². The van der Waals surface area contributed by atoms with Gasteiger partial charge in [-0.1, -0.05) is 51.7 Å². The van der Waals surface area contributed by atoms with Gasteiger partial charge in [-0.05, 0) is 57.5 Å². The van der Waals surface area contributed by atoms with Gasteiger partial charge in [-0.25, -0.2) is 0 Å². The normalized spacial score (nSPS) is 17.0. The summed E-state index contributed by atoms with van der Waals surface area (Å²) in [7, 11) is 0. The summed E-state index contributed by atoms with van der Waals surface area (Å²) in [6.07, 6.45) is 13.7. The maximum atomic E-state index is 4.18.